The molecule has 0 aromatic heterocycles. The standard InChI is InChI=1S/C10H20N2OS/c1-5-8(6-2)12(4)10(13)7(3)9(11)14/h7-8H,5-6H2,1-4H3,(H2,11,14). The Morgan fingerprint density at radius 1 is 1.43 bits per heavy atom. The van der Waals surface area contributed by atoms with Crippen molar-refractivity contribution in [3.05, 3.63) is 0 Å². The van der Waals surface area contributed by atoms with Crippen LogP contribution in [0.2, 0.25) is 0 Å². The third kappa shape index (κ3) is 3.25. The molecule has 1 unspecified atom stereocenters. The van der Waals surface area contributed by atoms with E-state index >= 15 is 0 Å². The van der Waals surface area contributed by atoms with Crippen LogP contribution in [0, 0.1) is 5.92 Å². The van der Waals surface area contributed by atoms with Crippen molar-refractivity contribution in [2.75, 3.05) is 7.05 Å². The number of nitrogens with zero attached hydrogens (tertiary/aromatic N) is 1. The van der Waals surface area contributed by atoms with E-state index in [4.69, 9.17) is 18.0 Å². The van der Waals surface area contributed by atoms with Gasteiger partial charge < -0.3 is 10.6 Å². The van der Waals surface area contributed by atoms with Crippen LogP contribution in [0.3, 0.4) is 0 Å². The SMILES string of the molecule is CCC(CC)N(C)C(=O)C(C)C(N)=S. The number of amides is 1. The van der Waals surface area contributed by atoms with Crippen LogP contribution in [0.4, 0.5) is 0 Å². The van der Waals surface area contributed by atoms with Crippen LogP contribution in [-0.2, 0) is 4.79 Å². The average molecular weight is 216 g/mol. The molecule has 1 amide bonds. The average Bonchev–Trinajstić information content (AvgIpc) is 2.17. The summed E-state index contributed by atoms with van der Waals surface area (Å²) in [5.41, 5.74) is 5.44. The molecule has 0 aliphatic rings. The van der Waals surface area contributed by atoms with Crippen molar-refractivity contribution in [3.8, 4) is 0 Å². The summed E-state index contributed by atoms with van der Waals surface area (Å²) in [5.74, 6) is -0.332. The quantitative estimate of drug-likeness (QED) is 0.709. The van der Waals surface area contributed by atoms with Crippen molar-refractivity contribution in [2.24, 2.45) is 11.7 Å². The molecule has 14 heavy (non-hydrogen) atoms. The first-order chi connectivity index (χ1) is 6.45. The van der Waals surface area contributed by atoms with Gasteiger partial charge in [-0.2, -0.15) is 0 Å². The Morgan fingerprint density at radius 2 is 1.86 bits per heavy atom. The lowest BCUT2D eigenvalue weighted by Crippen LogP contribution is -2.42. The Kier molecular flexibility index (Phi) is 5.69. The largest absolute Gasteiger partial charge is 0.393 e. The van der Waals surface area contributed by atoms with E-state index < -0.39 is 0 Å². The van der Waals surface area contributed by atoms with Gasteiger partial charge in [0.2, 0.25) is 5.91 Å². The van der Waals surface area contributed by atoms with Gasteiger partial charge in [0.05, 0.1) is 10.9 Å². The molecule has 82 valence electrons. The van der Waals surface area contributed by atoms with Gasteiger partial charge in [0, 0.05) is 13.1 Å². The van der Waals surface area contributed by atoms with Gasteiger partial charge in [-0.1, -0.05) is 26.1 Å². The van der Waals surface area contributed by atoms with Crippen molar-refractivity contribution in [1.82, 2.24) is 4.90 Å². The second-order valence-electron chi connectivity index (χ2n) is 3.54. The highest BCUT2D eigenvalue weighted by atomic mass is 32.1. The highest BCUT2D eigenvalue weighted by Gasteiger charge is 2.23. The van der Waals surface area contributed by atoms with Gasteiger partial charge in [0.1, 0.15) is 0 Å². The minimum absolute atomic E-state index is 0.0196. The zero-order chi connectivity index (χ0) is 11.3. The van der Waals surface area contributed by atoms with E-state index in [-0.39, 0.29) is 16.8 Å². The van der Waals surface area contributed by atoms with Crippen LogP contribution >= 0.6 is 12.2 Å². The Morgan fingerprint density at radius 3 is 2.14 bits per heavy atom. The van der Waals surface area contributed by atoms with E-state index in [9.17, 15) is 4.79 Å². The maximum atomic E-state index is 11.8. The predicted molar refractivity (Wildman–Crippen MR) is 63.1 cm³/mol. The number of nitrogens with two attached hydrogens (primary N) is 1. The van der Waals surface area contributed by atoms with E-state index in [1.165, 1.54) is 0 Å². The molecule has 0 radical (unpaired) electrons. The van der Waals surface area contributed by atoms with Crippen molar-refractivity contribution < 1.29 is 4.79 Å². The van der Waals surface area contributed by atoms with Gasteiger partial charge >= 0.3 is 0 Å². The molecule has 0 aliphatic heterocycles. The Balaban J connectivity index is 4.44. The smallest absolute Gasteiger partial charge is 0.232 e. The zero-order valence-corrected chi connectivity index (χ0v) is 10.2. The molecule has 0 saturated heterocycles. The van der Waals surface area contributed by atoms with E-state index in [1.54, 1.807) is 11.8 Å². The molecule has 1 atom stereocenters. The lowest BCUT2D eigenvalue weighted by molar-refractivity contribution is -0.133. The van der Waals surface area contributed by atoms with Crippen molar-refractivity contribution >= 4 is 23.1 Å². The summed E-state index contributed by atoms with van der Waals surface area (Å²) in [6, 6.07) is 0.291. The normalized spacial score (nSPS) is 12.6. The number of rotatable bonds is 5. The molecule has 0 aromatic carbocycles. The number of carbonyl (C=O) groups excluding carboxylic acids is 1. The lowest BCUT2D eigenvalue weighted by Gasteiger charge is -2.28. The fraction of sp³-hybridized carbons (Fsp3) is 0.800. The fourth-order valence-electron chi connectivity index (χ4n) is 1.44. The first-order valence-electron chi connectivity index (χ1n) is 5.01. The van der Waals surface area contributed by atoms with Crippen LogP contribution in [0.5, 0.6) is 0 Å². The molecule has 0 spiro atoms. The van der Waals surface area contributed by atoms with Crippen LogP contribution in [0.15, 0.2) is 0 Å². The summed E-state index contributed by atoms with van der Waals surface area (Å²) in [7, 11) is 1.81. The van der Waals surface area contributed by atoms with Crippen molar-refractivity contribution in [1.29, 1.82) is 0 Å². The number of thiocarbonyl (C=S) groups is 1. The molecule has 3 nitrogen and oxygen atoms in total. The lowest BCUT2D eigenvalue weighted by atomic mass is 10.1. The van der Waals surface area contributed by atoms with Crippen LogP contribution in [0.25, 0.3) is 0 Å². The maximum absolute atomic E-state index is 11.8. The van der Waals surface area contributed by atoms with Gasteiger partial charge in [-0.05, 0) is 19.8 Å². The van der Waals surface area contributed by atoms with E-state index in [0.29, 0.717) is 6.04 Å². The number of carbonyl (C=O) groups is 1. The second kappa shape index (κ2) is 5.96. The Hall–Kier alpha value is -0.640. The number of hydrogen-bond acceptors (Lipinski definition) is 2. The summed E-state index contributed by atoms with van der Waals surface area (Å²) < 4.78 is 0. The third-order valence-electron chi connectivity index (χ3n) is 2.64. The molecule has 0 heterocycles. The highest BCUT2D eigenvalue weighted by Crippen LogP contribution is 2.10. The molecule has 2 N–H and O–H groups in total. The molecular weight excluding hydrogens is 196 g/mol. The van der Waals surface area contributed by atoms with E-state index in [0.717, 1.165) is 12.8 Å². The van der Waals surface area contributed by atoms with Crippen LogP contribution in [-0.4, -0.2) is 28.9 Å². The first kappa shape index (κ1) is 13.4. The molecule has 0 saturated carbocycles. The molecule has 0 fully saturated rings. The fourth-order valence-corrected chi connectivity index (χ4v) is 1.54. The van der Waals surface area contributed by atoms with Crippen LogP contribution in [0.1, 0.15) is 33.6 Å². The first-order valence-corrected chi connectivity index (χ1v) is 5.42. The Labute approximate surface area is 91.6 Å². The minimum atomic E-state index is -0.351. The molecule has 0 bridgehead atoms. The summed E-state index contributed by atoms with van der Waals surface area (Å²) in [6.07, 6.45) is 1.92. The summed E-state index contributed by atoms with van der Waals surface area (Å²) >= 11 is 4.80. The summed E-state index contributed by atoms with van der Waals surface area (Å²) in [6.45, 7) is 5.90. The Bertz CT molecular complexity index is 214. The maximum Gasteiger partial charge on any atom is 0.232 e. The zero-order valence-electron chi connectivity index (χ0n) is 9.41. The van der Waals surface area contributed by atoms with Crippen molar-refractivity contribution in [3.63, 3.8) is 0 Å². The highest BCUT2D eigenvalue weighted by molar-refractivity contribution is 7.80. The molecular formula is C10H20N2OS. The van der Waals surface area contributed by atoms with Crippen LogP contribution < -0.4 is 5.73 Å². The van der Waals surface area contributed by atoms with Crippen molar-refractivity contribution in [2.45, 2.75) is 39.7 Å². The molecule has 4 heteroatoms. The van der Waals surface area contributed by atoms with Gasteiger partial charge in [-0.3, -0.25) is 4.79 Å². The minimum Gasteiger partial charge on any atom is -0.393 e. The monoisotopic (exact) mass is 216 g/mol. The number of hydrogen-bond donors (Lipinski definition) is 1. The molecule has 0 rings (SSSR count). The van der Waals surface area contributed by atoms with E-state index in [2.05, 4.69) is 13.8 Å². The van der Waals surface area contributed by atoms with Gasteiger partial charge in [0.25, 0.3) is 0 Å². The predicted octanol–water partition coefficient (Wildman–Crippen LogP) is 1.56. The van der Waals surface area contributed by atoms with Gasteiger partial charge in [-0.25, -0.2) is 0 Å². The molecule has 0 aliphatic carbocycles. The van der Waals surface area contributed by atoms with Gasteiger partial charge in [0.15, 0.2) is 0 Å². The summed E-state index contributed by atoms with van der Waals surface area (Å²) in [5, 5.41) is 0. The molecule has 0 aromatic rings. The van der Waals surface area contributed by atoms with E-state index in [1.807, 2.05) is 7.05 Å². The summed E-state index contributed by atoms with van der Waals surface area (Å²) in [4.78, 5) is 13.8. The van der Waals surface area contributed by atoms with Gasteiger partial charge in [-0.15, -0.1) is 0 Å². The second-order valence-corrected chi connectivity index (χ2v) is 4.01. The topological polar surface area (TPSA) is 46.3 Å². The third-order valence-corrected chi connectivity index (χ3v) is 2.99.